The average molecular weight is 258 g/mol. The van der Waals surface area contributed by atoms with Gasteiger partial charge >= 0.3 is 5.97 Å². The number of hydrogen-bond acceptors (Lipinski definition) is 4. The van der Waals surface area contributed by atoms with Crippen molar-refractivity contribution >= 4 is 17.8 Å². The highest BCUT2D eigenvalue weighted by atomic mass is 16.6. The summed E-state index contributed by atoms with van der Waals surface area (Å²) in [5.41, 5.74) is -0.591. The maximum absolute atomic E-state index is 11.6. The highest BCUT2D eigenvalue weighted by molar-refractivity contribution is 5.87. The monoisotopic (exact) mass is 258 g/mol. The minimum Gasteiger partial charge on any atom is -0.458 e. The maximum Gasteiger partial charge on any atom is 0.328 e. The summed E-state index contributed by atoms with van der Waals surface area (Å²) >= 11 is 0. The molecule has 0 saturated heterocycles. The van der Waals surface area contributed by atoms with Crippen molar-refractivity contribution in [1.82, 2.24) is 10.2 Å². The van der Waals surface area contributed by atoms with Crippen LogP contribution in [0.4, 0.5) is 0 Å². The molecule has 18 heavy (non-hydrogen) atoms. The number of rotatable bonds is 4. The van der Waals surface area contributed by atoms with E-state index in [-0.39, 0.29) is 12.5 Å². The Bertz CT molecular complexity index is 333. The second-order valence-corrected chi connectivity index (χ2v) is 5.20. The molecule has 0 fully saturated rings. The van der Waals surface area contributed by atoms with Crippen LogP contribution in [-0.2, 0) is 19.1 Å². The Hall–Kier alpha value is -1.59. The molecule has 0 aliphatic heterocycles. The fourth-order valence-corrected chi connectivity index (χ4v) is 1.06. The Labute approximate surface area is 108 Å². The van der Waals surface area contributed by atoms with Crippen molar-refractivity contribution in [2.75, 3.05) is 13.6 Å². The molecule has 6 nitrogen and oxygen atoms in total. The van der Waals surface area contributed by atoms with Crippen molar-refractivity contribution < 1.29 is 19.1 Å². The van der Waals surface area contributed by atoms with Crippen LogP contribution < -0.4 is 5.32 Å². The van der Waals surface area contributed by atoms with E-state index in [1.807, 2.05) is 0 Å². The molecule has 0 unspecified atom stereocenters. The van der Waals surface area contributed by atoms with Crippen molar-refractivity contribution in [3.05, 3.63) is 0 Å². The smallest absolute Gasteiger partial charge is 0.328 e. The van der Waals surface area contributed by atoms with Crippen molar-refractivity contribution in [2.45, 2.75) is 46.3 Å². The van der Waals surface area contributed by atoms with E-state index >= 15 is 0 Å². The molecule has 0 aromatic heterocycles. The zero-order valence-corrected chi connectivity index (χ0v) is 11.9. The van der Waals surface area contributed by atoms with Crippen LogP contribution in [0.5, 0.6) is 0 Å². The van der Waals surface area contributed by atoms with Gasteiger partial charge in [0.2, 0.25) is 11.8 Å². The standard InChI is InChI=1S/C12H22N2O4/c1-8(11(17)18-12(3,4)5)13-10(16)7-14(6)9(2)15/h8H,7H2,1-6H3,(H,13,16)/t8-/m0/s1. The number of nitrogens with zero attached hydrogens (tertiary/aromatic N) is 1. The van der Waals surface area contributed by atoms with Crippen LogP contribution in [0.1, 0.15) is 34.6 Å². The van der Waals surface area contributed by atoms with Gasteiger partial charge in [-0.05, 0) is 27.7 Å². The number of amides is 2. The van der Waals surface area contributed by atoms with E-state index in [9.17, 15) is 14.4 Å². The summed E-state index contributed by atoms with van der Waals surface area (Å²) in [6.45, 7) is 8.09. The van der Waals surface area contributed by atoms with Gasteiger partial charge in [0.15, 0.2) is 0 Å². The first-order valence-electron chi connectivity index (χ1n) is 5.77. The summed E-state index contributed by atoms with van der Waals surface area (Å²) in [6, 6.07) is -0.739. The SMILES string of the molecule is CC(=O)N(C)CC(=O)N[C@@H](C)C(=O)OC(C)(C)C. The number of esters is 1. The first-order chi connectivity index (χ1) is 8.03. The first-order valence-corrected chi connectivity index (χ1v) is 5.77. The van der Waals surface area contributed by atoms with Gasteiger partial charge in [-0.3, -0.25) is 9.59 Å². The van der Waals surface area contributed by atoms with Crippen LogP contribution >= 0.6 is 0 Å². The van der Waals surface area contributed by atoms with Gasteiger partial charge in [-0.2, -0.15) is 0 Å². The lowest BCUT2D eigenvalue weighted by Gasteiger charge is -2.23. The normalized spacial score (nSPS) is 12.6. The molecule has 6 heteroatoms. The Morgan fingerprint density at radius 1 is 1.28 bits per heavy atom. The van der Waals surface area contributed by atoms with Crippen LogP contribution in [0.3, 0.4) is 0 Å². The van der Waals surface area contributed by atoms with Crippen molar-refractivity contribution in [1.29, 1.82) is 0 Å². The molecule has 0 spiro atoms. The number of ether oxygens (including phenoxy) is 1. The zero-order chi connectivity index (χ0) is 14.5. The summed E-state index contributed by atoms with van der Waals surface area (Å²) < 4.78 is 5.12. The molecular formula is C12H22N2O4. The highest BCUT2D eigenvalue weighted by Gasteiger charge is 2.23. The largest absolute Gasteiger partial charge is 0.458 e. The molecule has 0 aromatic carbocycles. The van der Waals surface area contributed by atoms with Crippen molar-refractivity contribution in [2.24, 2.45) is 0 Å². The van der Waals surface area contributed by atoms with E-state index in [1.54, 1.807) is 27.7 Å². The van der Waals surface area contributed by atoms with Crippen LogP contribution in [0.15, 0.2) is 0 Å². The Kier molecular flexibility index (Phi) is 5.81. The predicted molar refractivity (Wildman–Crippen MR) is 66.8 cm³/mol. The molecule has 0 aliphatic carbocycles. The second-order valence-electron chi connectivity index (χ2n) is 5.20. The van der Waals surface area contributed by atoms with Gasteiger partial charge in [-0.1, -0.05) is 0 Å². The van der Waals surface area contributed by atoms with E-state index in [4.69, 9.17) is 4.74 Å². The molecule has 0 aliphatic rings. The van der Waals surface area contributed by atoms with E-state index < -0.39 is 23.5 Å². The van der Waals surface area contributed by atoms with Crippen molar-refractivity contribution in [3.8, 4) is 0 Å². The lowest BCUT2D eigenvalue weighted by atomic mass is 10.2. The molecule has 0 radical (unpaired) electrons. The maximum atomic E-state index is 11.6. The van der Waals surface area contributed by atoms with E-state index in [0.717, 1.165) is 0 Å². The van der Waals surface area contributed by atoms with Gasteiger partial charge in [-0.25, -0.2) is 4.79 Å². The predicted octanol–water partition coefficient (Wildman–Crippen LogP) is 0.311. The highest BCUT2D eigenvalue weighted by Crippen LogP contribution is 2.08. The van der Waals surface area contributed by atoms with Crippen LogP contribution in [0, 0.1) is 0 Å². The molecule has 104 valence electrons. The molecule has 0 bridgehead atoms. The second kappa shape index (κ2) is 6.37. The number of carbonyl (C=O) groups excluding carboxylic acids is 3. The van der Waals surface area contributed by atoms with Gasteiger partial charge in [0.1, 0.15) is 11.6 Å². The summed E-state index contributed by atoms with van der Waals surface area (Å²) in [6.07, 6.45) is 0. The summed E-state index contributed by atoms with van der Waals surface area (Å²) in [4.78, 5) is 35.3. The topological polar surface area (TPSA) is 75.7 Å². The minimum absolute atomic E-state index is 0.0809. The molecule has 0 saturated carbocycles. The molecule has 0 aromatic rings. The van der Waals surface area contributed by atoms with Crippen molar-refractivity contribution in [3.63, 3.8) is 0 Å². The molecule has 1 atom stereocenters. The van der Waals surface area contributed by atoms with E-state index in [1.165, 1.54) is 18.9 Å². The number of likely N-dealkylation sites (N-methyl/N-ethyl adjacent to an activating group) is 1. The van der Waals surface area contributed by atoms with Crippen LogP contribution in [0.25, 0.3) is 0 Å². The summed E-state index contributed by atoms with van der Waals surface area (Å²) in [5, 5.41) is 2.48. The third-order valence-corrected chi connectivity index (χ3v) is 2.06. The number of hydrogen-bond donors (Lipinski definition) is 1. The average Bonchev–Trinajstić information content (AvgIpc) is 2.14. The quantitative estimate of drug-likeness (QED) is 0.736. The molecule has 2 amide bonds. The molecule has 0 heterocycles. The zero-order valence-electron chi connectivity index (χ0n) is 11.9. The fraction of sp³-hybridized carbons (Fsp3) is 0.750. The number of carbonyl (C=O) groups is 3. The van der Waals surface area contributed by atoms with Gasteiger partial charge in [0.05, 0.1) is 6.54 Å². The third kappa shape index (κ3) is 6.88. The third-order valence-electron chi connectivity index (χ3n) is 2.06. The Morgan fingerprint density at radius 3 is 2.17 bits per heavy atom. The van der Waals surface area contributed by atoms with Gasteiger partial charge < -0.3 is 15.0 Å². The molecule has 1 N–H and O–H groups in total. The lowest BCUT2D eigenvalue weighted by Crippen LogP contribution is -2.46. The van der Waals surface area contributed by atoms with Gasteiger partial charge in [-0.15, -0.1) is 0 Å². The minimum atomic E-state index is -0.739. The van der Waals surface area contributed by atoms with Crippen LogP contribution in [-0.4, -0.2) is 47.9 Å². The number of nitrogens with one attached hydrogen (secondary N) is 1. The first kappa shape index (κ1) is 16.4. The fourth-order valence-electron chi connectivity index (χ4n) is 1.06. The van der Waals surface area contributed by atoms with E-state index in [0.29, 0.717) is 0 Å². The van der Waals surface area contributed by atoms with E-state index in [2.05, 4.69) is 5.32 Å². The Balaban J connectivity index is 4.23. The summed E-state index contributed by atoms with van der Waals surface area (Å²) in [5.74, 6) is -1.11. The van der Waals surface area contributed by atoms with Crippen LogP contribution in [0.2, 0.25) is 0 Å². The molecular weight excluding hydrogens is 236 g/mol. The van der Waals surface area contributed by atoms with Gasteiger partial charge in [0.25, 0.3) is 0 Å². The molecule has 0 rings (SSSR count). The Morgan fingerprint density at radius 2 is 1.78 bits per heavy atom. The lowest BCUT2D eigenvalue weighted by molar-refractivity contribution is -0.158. The summed E-state index contributed by atoms with van der Waals surface area (Å²) in [7, 11) is 1.51. The van der Waals surface area contributed by atoms with Gasteiger partial charge in [0, 0.05) is 14.0 Å².